The predicted octanol–water partition coefficient (Wildman–Crippen LogP) is 2.60. The van der Waals surface area contributed by atoms with Crippen molar-refractivity contribution in [3.05, 3.63) is 29.8 Å². The molecule has 1 aromatic carbocycles. The number of carbonyl (C=O) groups is 2. The molecular formula is C18H26N2O3. The van der Waals surface area contributed by atoms with Crippen LogP contribution in [0.3, 0.4) is 0 Å². The first-order valence-electron chi connectivity index (χ1n) is 8.34. The molecule has 2 rings (SSSR count). The van der Waals surface area contributed by atoms with Crippen LogP contribution in [0.2, 0.25) is 0 Å². The summed E-state index contributed by atoms with van der Waals surface area (Å²) in [5, 5.41) is 2.86. The standard InChI is InChI=1S/C18H26N2O3/c1-4-17(21)20-11-5-6-15(20)12-23-16-9-7-14(8-10-16)18(22)19-13(2)3/h7-10,13,15H,4-6,11-12H2,1-3H3,(H,19,22). The minimum atomic E-state index is -0.0814. The second-order valence-corrected chi connectivity index (χ2v) is 6.20. The van der Waals surface area contributed by atoms with E-state index in [1.54, 1.807) is 24.3 Å². The molecule has 1 atom stereocenters. The maximum absolute atomic E-state index is 11.9. The van der Waals surface area contributed by atoms with Crippen LogP contribution in [0.5, 0.6) is 5.75 Å². The van der Waals surface area contributed by atoms with Crippen molar-refractivity contribution in [1.82, 2.24) is 10.2 Å². The molecule has 0 aliphatic carbocycles. The Morgan fingerprint density at radius 2 is 2.00 bits per heavy atom. The van der Waals surface area contributed by atoms with Gasteiger partial charge in [-0.25, -0.2) is 0 Å². The lowest BCUT2D eigenvalue weighted by atomic mass is 10.2. The molecule has 0 saturated carbocycles. The second kappa shape index (κ2) is 7.99. The molecule has 1 heterocycles. The lowest BCUT2D eigenvalue weighted by Gasteiger charge is -2.24. The highest BCUT2D eigenvalue weighted by atomic mass is 16.5. The zero-order valence-corrected chi connectivity index (χ0v) is 14.2. The van der Waals surface area contributed by atoms with Gasteiger partial charge < -0.3 is 15.0 Å². The molecule has 1 unspecified atom stereocenters. The van der Waals surface area contributed by atoms with E-state index in [0.29, 0.717) is 18.6 Å². The summed E-state index contributed by atoms with van der Waals surface area (Å²) in [7, 11) is 0. The van der Waals surface area contributed by atoms with Gasteiger partial charge in [0.1, 0.15) is 12.4 Å². The third kappa shape index (κ3) is 4.71. The van der Waals surface area contributed by atoms with Gasteiger partial charge >= 0.3 is 0 Å². The molecule has 1 aromatic rings. The van der Waals surface area contributed by atoms with Crippen LogP contribution in [0, 0.1) is 0 Å². The molecule has 1 aliphatic heterocycles. The molecular weight excluding hydrogens is 292 g/mol. The average molecular weight is 318 g/mol. The van der Waals surface area contributed by atoms with E-state index in [0.717, 1.165) is 25.1 Å². The summed E-state index contributed by atoms with van der Waals surface area (Å²) in [6.45, 7) is 7.08. The maximum Gasteiger partial charge on any atom is 0.251 e. The normalized spacial score (nSPS) is 17.4. The Bertz CT molecular complexity index is 540. The Labute approximate surface area is 138 Å². The summed E-state index contributed by atoms with van der Waals surface area (Å²) in [5.41, 5.74) is 0.620. The van der Waals surface area contributed by atoms with Gasteiger partial charge in [-0.2, -0.15) is 0 Å². The fourth-order valence-electron chi connectivity index (χ4n) is 2.78. The van der Waals surface area contributed by atoms with Crippen LogP contribution in [0.4, 0.5) is 0 Å². The minimum Gasteiger partial charge on any atom is -0.491 e. The van der Waals surface area contributed by atoms with Crippen LogP contribution in [-0.2, 0) is 4.79 Å². The Morgan fingerprint density at radius 3 is 2.61 bits per heavy atom. The van der Waals surface area contributed by atoms with Crippen molar-refractivity contribution in [2.24, 2.45) is 0 Å². The van der Waals surface area contributed by atoms with Crippen molar-refractivity contribution in [1.29, 1.82) is 0 Å². The summed E-state index contributed by atoms with van der Waals surface area (Å²) in [5.74, 6) is 0.834. The number of likely N-dealkylation sites (tertiary alicyclic amines) is 1. The average Bonchev–Trinajstić information content (AvgIpc) is 3.00. The molecule has 1 saturated heterocycles. The van der Waals surface area contributed by atoms with E-state index in [2.05, 4.69) is 5.32 Å². The molecule has 1 N–H and O–H groups in total. The number of hydrogen-bond donors (Lipinski definition) is 1. The molecule has 23 heavy (non-hydrogen) atoms. The van der Waals surface area contributed by atoms with Crippen molar-refractivity contribution in [2.75, 3.05) is 13.2 Å². The first kappa shape index (κ1) is 17.3. The highest BCUT2D eigenvalue weighted by molar-refractivity contribution is 5.94. The highest BCUT2D eigenvalue weighted by Gasteiger charge is 2.28. The Morgan fingerprint density at radius 1 is 1.30 bits per heavy atom. The number of nitrogens with one attached hydrogen (secondary N) is 1. The Hall–Kier alpha value is -2.04. The van der Waals surface area contributed by atoms with E-state index in [9.17, 15) is 9.59 Å². The number of benzene rings is 1. The molecule has 5 heteroatoms. The van der Waals surface area contributed by atoms with E-state index in [-0.39, 0.29) is 23.9 Å². The first-order chi connectivity index (χ1) is 11.0. The number of ether oxygens (including phenoxy) is 1. The number of amides is 2. The molecule has 0 spiro atoms. The first-order valence-corrected chi connectivity index (χ1v) is 8.34. The Balaban J connectivity index is 1.89. The van der Waals surface area contributed by atoms with E-state index in [1.165, 1.54) is 0 Å². The number of rotatable bonds is 6. The van der Waals surface area contributed by atoms with E-state index in [1.807, 2.05) is 25.7 Å². The van der Waals surface area contributed by atoms with Crippen molar-refractivity contribution in [3.63, 3.8) is 0 Å². The van der Waals surface area contributed by atoms with Crippen LogP contribution in [0.25, 0.3) is 0 Å². The number of nitrogens with zero attached hydrogens (tertiary/aromatic N) is 1. The second-order valence-electron chi connectivity index (χ2n) is 6.20. The summed E-state index contributed by atoms with van der Waals surface area (Å²) >= 11 is 0. The van der Waals surface area contributed by atoms with Crippen LogP contribution in [0.1, 0.15) is 50.4 Å². The van der Waals surface area contributed by atoms with Crippen LogP contribution in [-0.4, -0.2) is 41.9 Å². The minimum absolute atomic E-state index is 0.0814. The lowest BCUT2D eigenvalue weighted by molar-refractivity contribution is -0.132. The maximum atomic E-state index is 11.9. The molecule has 0 radical (unpaired) electrons. The van der Waals surface area contributed by atoms with Crippen LogP contribution in [0.15, 0.2) is 24.3 Å². The van der Waals surface area contributed by atoms with Gasteiger partial charge in [0.15, 0.2) is 0 Å². The van der Waals surface area contributed by atoms with Crippen molar-refractivity contribution in [3.8, 4) is 5.75 Å². The van der Waals surface area contributed by atoms with Gasteiger partial charge in [0, 0.05) is 24.6 Å². The van der Waals surface area contributed by atoms with Crippen molar-refractivity contribution in [2.45, 2.75) is 52.1 Å². The molecule has 1 aliphatic rings. The SMILES string of the molecule is CCC(=O)N1CCCC1COc1ccc(C(=O)NC(C)C)cc1. The van der Waals surface area contributed by atoms with Crippen LogP contribution < -0.4 is 10.1 Å². The van der Waals surface area contributed by atoms with E-state index in [4.69, 9.17) is 4.74 Å². The highest BCUT2D eigenvalue weighted by Crippen LogP contribution is 2.20. The number of carbonyl (C=O) groups excluding carboxylic acids is 2. The third-order valence-electron chi connectivity index (χ3n) is 3.98. The monoisotopic (exact) mass is 318 g/mol. The Kier molecular flexibility index (Phi) is 6.02. The predicted molar refractivity (Wildman–Crippen MR) is 89.6 cm³/mol. The topological polar surface area (TPSA) is 58.6 Å². The lowest BCUT2D eigenvalue weighted by Crippen LogP contribution is -2.38. The van der Waals surface area contributed by atoms with Gasteiger partial charge in [-0.05, 0) is 51.0 Å². The third-order valence-corrected chi connectivity index (χ3v) is 3.98. The zero-order chi connectivity index (χ0) is 16.8. The molecule has 126 valence electrons. The van der Waals surface area contributed by atoms with Crippen LogP contribution >= 0.6 is 0 Å². The van der Waals surface area contributed by atoms with Gasteiger partial charge in [-0.15, -0.1) is 0 Å². The summed E-state index contributed by atoms with van der Waals surface area (Å²) < 4.78 is 5.81. The van der Waals surface area contributed by atoms with Crippen molar-refractivity contribution < 1.29 is 14.3 Å². The van der Waals surface area contributed by atoms with Gasteiger partial charge in [0.2, 0.25) is 5.91 Å². The number of hydrogen-bond acceptors (Lipinski definition) is 3. The summed E-state index contributed by atoms with van der Waals surface area (Å²) in [4.78, 5) is 25.7. The fraction of sp³-hybridized carbons (Fsp3) is 0.556. The van der Waals surface area contributed by atoms with Gasteiger partial charge in [0.25, 0.3) is 5.91 Å². The smallest absolute Gasteiger partial charge is 0.251 e. The largest absolute Gasteiger partial charge is 0.491 e. The molecule has 2 amide bonds. The molecule has 5 nitrogen and oxygen atoms in total. The quantitative estimate of drug-likeness (QED) is 0.877. The van der Waals surface area contributed by atoms with E-state index < -0.39 is 0 Å². The molecule has 0 bridgehead atoms. The summed E-state index contributed by atoms with van der Waals surface area (Å²) in [6, 6.07) is 7.40. The van der Waals surface area contributed by atoms with E-state index >= 15 is 0 Å². The summed E-state index contributed by atoms with van der Waals surface area (Å²) in [6.07, 6.45) is 2.56. The molecule has 0 aromatic heterocycles. The van der Waals surface area contributed by atoms with Gasteiger partial charge in [-0.1, -0.05) is 6.92 Å². The van der Waals surface area contributed by atoms with Crippen molar-refractivity contribution >= 4 is 11.8 Å². The molecule has 1 fully saturated rings. The van der Waals surface area contributed by atoms with Gasteiger partial charge in [-0.3, -0.25) is 9.59 Å². The zero-order valence-electron chi connectivity index (χ0n) is 14.2. The van der Waals surface area contributed by atoms with Gasteiger partial charge in [0.05, 0.1) is 6.04 Å². The fourth-order valence-corrected chi connectivity index (χ4v) is 2.78.